The highest BCUT2D eigenvalue weighted by atomic mass is 16.6. The van der Waals surface area contributed by atoms with Crippen LogP contribution in [-0.4, -0.2) is 27.2 Å². The third kappa shape index (κ3) is 3.70. The van der Waals surface area contributed by atoms with Crippen LogP contribution in [0.3, 0.4) is 0 Å². The number of ether oxygens (including phenoxy) is 1. The van der Waals surface area contributed by atoms with E-state index in [0.717, 1.165) is 17.7 Å². The summed E-state index contributed by atoms with van der Waals surface area (Å²) in [7, 11) is 0. The fraction of sp³-hybridized carbons (Fsp3) is 0.375. The van der Waals surface area contributed by atoms with Gasteiger partial charge in [0.05, 0.1) is 15.9 Å². The second-order valence-corrected chi connectivity index (χ2v) is 5.92. The van der Waals surface area contributed by atoms with Crippen molar-refractivity contribution in [3.8, 4) is 0 Å². The van der Waals surface area contributed by atoms with Gasteiger partial charge in [0.2, 0.25) is 0 Å². The lowest BCUT2D eigenvalue weighted by atomic mass is 9.82. The van der Waals surface area contributed by atoms with Gasteiger partial charge in [-0.15, -0.1) is 0 Å². The van der Waals surface area contributed by atoms with Crippen LogP contribution in [0.2, 0.25) is 0 Å². The molecule has 0 aromatic heterocycles. The topological polar surface area (TPSA) is 130 Å². The largest absolute Gasteiger partial charge is 0.447 e. The van der Waals surface area contributed by atoms with Crippen LogP contribution < -0.4 is 0 Å². The number of nitrogens with zero attached hydrogens (tertiary/aromatic N) is 2. The first kappa shape index (κ1) is 18.2. The number of carbonyl (C=O) groups excluding carboxylic acids is 2. The van der Waals surface area contributed by atoms with Crippen molar-refractivity contribution in [1.82, 2.24) is 0 Å². The molecule has 0 fully saturated rings. The van der Waals surface area contributed by atoms with E-state index in [1.54, 1.807) is 6.92 Å². The van der Waals surface area contributed by atoms with Crippen LogP contribution in [0.25, 0.3) is 0 Å². The number of nitro groups is 2. The highest BCUT2D eigenvalue weighted by Crippen LogP contribution is 2.35. The fourth-order valence-electron chi connectivity index (χ4n) is 2.81. The summed E-state index contributed by atoms with van der Waals surface area (Å²) in [6.07, 6.45) is 2.98. The summed E-state index contributed by atoms with van der Waals surface area (Å²) >= 11 is 0. The molecule has 0 heterocycles. The van der Waals surface area contributed by atoms with Crippen molar-refractivity contribution >= 4 is 23.1 Å². The molecule has 1 aliphatic rings. The summed E-state index contributed by atoms with van der Waals surface area (Å²) in [5.74, 6) is -1.40. The third-order valence-electron chi connectivity index (χ3n) is 4.14. The van der Waals surface area contributed by atoms with E-state index in [1.807, 2.05) is 6.08 Å². The summed E-state index contributed by atoms with van der Waals surface area (Å²) in [6, 6.07) is 2.65. The van der Waals surface area contributed by atoms with Crippen LogP contribution in [0.1, 0.15) is 43.5 Å². The van der Waals surface area contributed by atoms with Crippen LogP contribution in [-0.2, 0) is 9.53 Å². The zero-order valence-electron chi connectivity index (χ0n) is 13.7. The molecule has 0 aliphatic heterocycles. The number of benzene rings is 1. The number of allylic oxidation sites excluding steroid dienone is 1. The third-order valence-corrected chi connectivity index (χ3v) is 4.14. The Bertz CT molecular complexity index is 800. The van der Waals surface area contributed by atoms with Crippen molar-refractivity contribution < 1.29 is 24.2 Å². The van der Waals surface area contributed by atoms with Crippen molar-refractivity contribution in [3.05, 3.63) is 55.6 Å². The fourth-order valence-corrected chi connectivity index (χ4v) is 2.81. The van der Waals surface area contributed by atoms with Gasteiger partial charge in [-0.05, 0) is 32.8 Å². The van der Waals surface area contributed by atoms with Crippen molar-refractivity contribution in [2.24, 2.45) is 0 Å². The number of carbonyl (C=O) groups is 2. The van der Waals surface area contributed by atoms with Gasteiger partial charge in [-0.3, -0.25) is 25.0 Å². The summed E-state index contributed by atoms with van der Waals surface area (Å²) in [5, 5.41) is 21.9. The smallest absolute Gasteiger partial charge is 0.346 e. The van der Waals surface area contributed by atoms with Crippen molar-refractivity contribution in [2.75, 3.05) is 0 Å². The minimum absolute atomic E-state index is 0.217. The van der Waals surface area contributed by atoms with E-state index in [-0.39, 0.29) is 18.6 Å². The minimum Gasteiger partial charge on any atom is -0.447 e. The molecular formula is C16H16N2O7. The van der Waals surface area contributed by atoms with Crippen molar-refractivity contribution in [2.45, 2.75) is 38.7 Å². The molecule has 1 atom stereocenters. The molecule has 0 N–H and O–H groups in total. The van der Waals surface area contributed by atoms with Crippen molar-refractivity contribution in [1.29, 1.82) is 0 Å². The molecule has 0 bridgehead atoms. The Morgan fingerprint density at radius 2 is 1.88 bits per heavy atom. The summed E-state index contributed by atoms with van der Waals surface area (Å²) in [6.45, 7) is 3.11. The second-order valence-electron chi connectivity index (χ2n) is 5.92. The normalized spacial score (nSPS) is 19.7. The van der Waals surface area contributed by atoms with Gasteiger partial charge in [-0.25, -0.2) is 4.79 Å². The van der Waals surface area contributed by atoms with Crippen molar-refractivity contribution in [3.63, 3.8) is 0 Å². The summed E-state index contributed by atoms with van der Waals surface area (Å²) < 4.78 is 5.38. The number of Topliss-reactive ketones (excluding diaryl/α,β-unsaturated/α-hetero) is 1. The predicted molar refractivity (Wildman–Crippen MR) is 86.2 cm³/mol. The molecule has 1 aromatic carbocycles. The Kier molecular flexibility index (Phi) is 4.96. The van der Waals surface area contributed by atoms with Gasteiger partial charge in [-0.2, -0.15) is 0 Å². The molecule has 1 aromatic rings. The molecular weight excluding hydrogens is 332 g/mol. The van der Waals surface area contributed by atoms with Gasteiger partial charge in [0, 0.05) is 12.5 Å². The van der Waals surface area contributed by atoms with E-state index in [4.69, 9.17) is 4.74 Å². The Morgan fingerprint density at radius 3 is 2.40 bits per heavy atom. The average molecular weight is 348 g/mol. The molecule has 2 rings (SSSR count). The number of ketones is 1. The standard InChI is InChI=1S/C16H16N2O7/c1-10-4-3-7-16(9-10,11(2)19)25-15(20)13-6-5-12(17(21)22)8-14(13)18(23)24/h4-6,8H,3,7,9H2,1-2H3. The number of nitro benzene ring substituents is 2. The second kappa shape index (κ2) is 6.80. The Morgan fingerprint density at radius 1 is 1.20 bits per heavy atom. The zero-order chi connectivity index (χ0) is 18.8. The first-order valence-corrected chi connectivity index (χ1v) is 7.49. The lowest BCUT2D eigenvalue weighted by molar-refractivity contribution is -0.394. The van der Waals surface area contributed by atoms with Gasteiger partial charge in [0.15, 0.2) is 11.4 Å². The molecule has 0 amide bonds. The highest BCUT2D eigenvalue weighted by molar-refractivity contribution is 5.97. The van der Waals surface area contributed by atoms with Crippen LogP contribution in [0.4, 0.5) is 11.4 Å². The van der Waals surface area contributed by atoms with Crippen LogP contribution in [0.15, 0.2) is 29.8 Å². The van der Waals surface area contributed by atoms with Gasteiger partial charge in [0.1, 0.15) is 5.56 Å². The summed E-state index contributed by atoms with van der Waals surface area (Å²) in [5.41, 5.74) is -2.16. The maximum Gasteiger partial charge on any atom is 0.346 e. The Labute approximate surface area is 142 Å². The molecule has 0 radical (unpaired) electrons. The van der Waals surface area contributed by atoms with Gasteiger partial charge < -0.3 is 4.74 Å². The monoisotopic (exact) mass is 348 g/mol. The van der Waals surface area contributed by atoms with E-state index in [2.05, 4.69) is 0 Å². The molecule has 1 unspecified atom stereocenters. The molecule has 0 saturated carbocycles. The quantitative estimate of drug-likeness (QED) is 0.346. The SMILES string of the molecule is CC(=O)C1(OC(=O)c2ccc([N+](=O)[O-])cc2[N+](=O)[O-])CCC=C(C)C1. The number of non-ortho nitro benzene ring substituents is 1. The molecule has 0 spiro atoms. The first-order valence-electron chi connectivity index (χ1n) is 7.49. The number of hydrogen-bond acceptors (Lipinski definition) is 7. The van der Waals surface area contributed by atoms with Crippen LogP contribution in [0.5, 0.6) is 0 Å². The Hall–Kier alpha value is -3.10. The molecule has 9 heteroatoms. The van der Waals surface area contributed by atoms with Crippen LogP contribution >= 0.6 is 0 Å². The van der Waals surface area contributed by atoms with E-state index in [0.29, 0.717) is 12.5 Å². The number of esters is 1. The lowest BCUT2D eigenvalue weighted by Gasteiger charge is -2.33. The van der Waals surface area contributed by atoms with E-state index in [1.165, 1.54) is 6.92 Å². The minimum atomic E-state index is -1.37. The van der Waals surface area contributed by atoms with Crippen LogP contribution in [0, 0.1) is 20.2 Å². The number of hydrogen-bond donors (Lipinski definition) is 0. The number of rotatable bonds is 5. The Balaban J connectivity index is 2.40. The first-order chi connectivity index (χ1) is 11.7. The molecule has 25 heavy (non-hydrogen) atoms. The molecule has 9 nitrogen and oxygen atoms in total. The molecule has 0 saturated heterocycles. The maximum atomic E-state index is 12.5. The lowest BCUT2D eigenvalue weighted by Crippen LogP contribution is -2.43. The zero-order valence-corrected chi connectivity index (χ0v) is 13.7. The highest BCUT2D eigenvalue weighted by Gasteiger charge is 2.42. The van der Waals surface area contributed by atoms with E-state index >= 15 is 0 Å². The molecule has 132 valence electrons. The predicted octanol–water partition coefficient (Wildman–Crippen LogP) is 3.12. The van der Waals surface area contributed by atoms with Gasteiger partial charge in [0.25, 0.3) is 11.4 Å². The van der Waals surface area contributed by atoms with Gasteiger partial charge >= 0.3 is 5.97 Å². The summed E-state index contributed by atoms with van der Waals surface area (Å²) in [4.78, 5) is 44.8. The van der Waals surface area contributed by atoms with Gasteiger partial charge in [-0.1, -0.05) is 11.6 Å². The average Bonchev–Trinajstić information content (AvgIpc) is 2.53. The maximum absolute atomic E-state index is 12.5. The molecule has 1 aliphatic carbocycles. The van der Waals surface area contributed by atoms with E-state index < -0.39 is 38.4 Å². The van der Waals surface area contributed by atoms with E-state index in [9.17, 15) is 29.8 Å².